The van der Waals surface area contributed by atoms with Gasteiger partial charge in [-0.3, -0.25) is 14.5 Å². The molecular formula is C18H27ClN4O3S. The highest BCUT2D eigenvalue weighted by molar-refractivity contribution is 7.90. The van der Waals surface area contributed by atoms with Crippen LogP contribution in [0, 0.1) is 5.92 Å². The van der Waals surface area contributed by atoms with Gasteiger partial charge >= 0.3 is 0 Å². The molecule has 9 heteroatoms. The Bertz CT molecular complexity index is 805. The Morgan fingerprint density at radius 2 is 2.00 bits per heavy atom. The second kappa shape index (κ2) is 9.03. The number of carbonyl (C=O) groups excluding carboxylic acids is 1. The number of fused-ring (bicyclic) bond motifs is 1. The van der Waals surface area contributed by atoms with Gasteiger partial charge in [-0.1, -0.05) is 12.1 Å². The number of hydrogen-bond donors (Lipinski definition) is 2. The summed E-state index contributed by atoms with van der Waals surface area (Å²) in [6.07, 6.45) is 3.15. The fraction of sp³-hybridized carbons (Fsp3) is 0.556. The molecule has 0 spiro atoms. The number of sulfonamides is 1. The maximum atomic E-state index is 12.7. The zero-order valence-electron chi connectivity index (χ0n) is 15.6. The normalized spacial score (nSPS) is 21.3. The van der Waals surface area contributed by atoms with Gasteiger partial charge in [0.2, 0.25) is 5.91 Å². The van der Waals surface area contributed by atoms with Gasteiger partial charge in [0.1, 0.15) is 11.9 Å². The van der Waals surface area contributed by atoms with Crippen molar-refractivity contribution in [3.63, 3.8) is 0 Å². The zero-order chi connectivity index (χ0) is 18.7. The van der Waals surface area contributed by atoms with Crippen LogP contribution < -0.4 is 10.0 Å². The smallest absolute Gasteiger partial charge is 0.263 e. The summed E-state index contributed by atoms with van der Waals surface area (Å²) in [4.78, 5) is 19.1. The summed E-state index contributed by atoms with van der Waals surface area (Å²) in [7, 11) is -1.63. The number of amides is 1. The lowest BCUT2D eigenvalue weighted by Gasteiger charge is -2.33. The third-order valence-corrected chi connectivity index (χ3v) is 6.47. The molecule has 0 aliphatic carbocycles. The molecule has 0 saturated carbocycles. The number of nitrogens with one attached hydrogen (secondary N) is 2. The summed E-state index contributed by atoms with van der Waals surface area (Å²) in [5.41, 5.74) is 0.526. The molecule has 2 aliphatic rings. The molecule has 1 aromatic rings. The van der Waals surface area contributed by atoms with Gasteiger partial charge in [0.05, 0.1) is 4.90 Å². The number of likely N-dealkylation sites (tertiary alicyclic amines) is 1. The van der Waals surface area contributed by atoms with Crippen molar-refractivity contribution in [2.24, 2.45) is 10.9 Å². The Morgan fingerprint density at radius 3 is 2.67 bits per heavy atom. The van der Waals surface area contributed by atoms with Gasteiger partial charge in [0, 0.05) is 18.7 Å². The number of halogens is 1. The van der Waals surface area contributed by atoms with Crippen molar-refractivity contribution < 1.29 is 13.2 Å². The first-order chi connectivity index (χ1) is 12.4. The van der Waals surface area contributed by atoms with Gasteiger partial charge in [-0.05, 0) is 57.8 Å². The predicted molar refractivity (Wildman–Crippen MR) is 108 cm³/mol. The van der Waals surface area contributed by atoms with Crippen LogP contribution in [0.2, 0.25) is 0 Å². The molecule has 0 radical (unpaired) electrons. The maximum absolute atomic E-state index is 12.7. The van der Waals surface area contributed by atoms with Crippen molar-refractivity contribution in [1.82, 2.24) is 14.9 Å². The topological polar surface area (TPSA) is 90.9 Å². The van der Waals surface area contributed by atoms with Crippen LogP contribution in [-0.4, -0.2) is 57.8 Å². The zero-order valence-corrected chi connectivity index (χ0v) is 17.3. The second-order valence-electron chi connectivity index (χ2n) is 6.92. The number of amidine groups is 1. The van der Waals surface area contributed by atoms with E-state index in [9.17, 15) is 13.2 Å². The van der Waals surface area contributed by atoms with Gasteiger partial charge in [-0.25, -0.2) is 8.42 Å². The average Bonchev–Trinajstić information content (AvgIpc) is 2.90. The van der Waals surface area contributed by atoms with E-state index in [0.29, 0.717) is 11.5 Å². The van der Waals surface area contributed by atoms with E-state index < -0.39 is 16.1 Å². The van der Waals surface area contributed by atoms with Crippen LogP contribution in [0.1, 0.15) is 31.7 Å². The Labute approximate surface area is 167 Å². The van der Waals surface area contributed by atoms with E-state index in [1.807, 2.05) is 11.9 Å². The number of rotatable bonds is 5. The van der Waals surface area contributed by atoms with Crippen LogP contribution in [0.5, 0.6) is 0 Å². The summed E-state index contributed by atoms with van der Waals surface area (Å²) in [5.74, 6) is 0.861. The fourth-order valence-corrected chi connectivity index (χ4v) is 4.77. The molecule has 27 heavy (non-hydrogen) atoms. The Balaban J connectivity index is 0.00000261. The van der Waals surface area contributed by atoms with Crippen LogP contribution >= 0.6 is 12.4 Å². The molecule has 2 aliphatic heterocycles. The summed E-state index contributed by atoms with van der Waals surface area (Å²) in [5, 5.41) is 3.17. The van der Waals surface area contributed by atoms with E-state index in [0.717, 1.165) is 38.9 Å². The second-order valence-corrected chi connectivity index (χ2v) is 8.57. The van der Waals surface area contributed by atoms with Gasteiger partial charge in [-0.15, -0.1) is 12.4 Å². The van der Waals surface area contributed by atoms with Gasteiger partial charge in [-0.2, -0.15) is 0 Å². The van der Waals surface area contributed by atoms with Crippen LogP contribution in [0.3, 0.4) is 0 Å². The molecule has 1 unspecified atom stereocenters. The first-order valence-electron chi connectivity index (χ1n) is 9.06. The lowest BCUT2D eigenvalue weighted by atomic mass is 9.93. The highest BCUT2D eigenvalue weighted by Crippen LogP contribution is 2.24. The SMILES string of the molecule is CNCCC1CCN(C(=O)C(C)N=C2NS(=O)(=O)c3ccccc32)CC1.Cl. The fourth-order valence-electron chi connectivity index (χ4n) is 3.53. The summed E-state index contributed by atoms with van der Waals surface area (Å²) in [6.45, 7) is 4.20. The number of carbonyl (C=O) groups is 1. The molecule has 1 fully saturated rings. The van der Waals surface area contributed by atoms with Gasteiger partial charge in [0.25, 0.3) is 10.0 Å². The van der Waals surface area contributed by atoms with Crippen molar-refractivity contribution in [1.29, 1.82) is 0 Å². The minimum absolute atomic E-state index is 0. The lowest BCUT2D eigenvalue weighted by Crippen LogP contribution is -2.43. The monoisotopic (exact) mass is 414 g/mol. The van der Waals surface area contributed by atoms with E-state index in [4.69, 9.17) is 0 Å². The molecule has 7 nitrogen and oxygen atoms in total. The first-order valence-corrected chi connectivity index (χ1v) is 10.5. The maximum Gasteiger partial charge on any atom is 0.263 e. The summed E-state index contributed by atoms with van der Waals surface area (Å²) < 4.78 is 26.8. The standard InChI is InChI=1S/C18H26N4O3S.ClH/c1-13(18(23)22-11-8-14(9-12-22)7-10-19-2)20-17-15-5-3-4-6-16(15)26(24,25)21-17;/h3-6,13-14,19H,7-12H2,1-2H3,(H,20,21);1H. The van der Waals surface area contributed by atoms with Crippen LogP contribution in [-0.2, 0) is 14.8 Å². The quantitative estimate of drug-likeness (QED) is 0.761. The lowest BCUT2D eigenvalue weighted by molar-refractivity contribution is -0.133. The third-order valence-electron chi connectivity index (χ3n) is 5.07. The molecule has 150 valence electrons. The summed E-state index contributed by atoms with van der Waals surface area (Å²) in [6, 6.07) is 6.07. The van der Waals surface area contributed by atoms with Gasteiger partial charge in [0.15, 0.2) is 0 Å². The first kappa shape index (κ1) is 21.7. The highest BCUT2D eigenvalue weighted by Gasteiger charge is 2.32. The van der Waals surface area contributed by atoms with Crippen LogP contribution in [0.25, 0.3) is 0 Å². The van der Waals surface area contributed by atoms with Crippen molar-refractivity contribution in [2.45, 2.75) is 37.1 Å². The molecule has 1 saturated heterocycles. The number of benzene rings is 1. The number of nitrogens with zero attached hydrogens (tertiary/aromatic N) is 2. The molecular weight excluding hydrogens is 388 g/mol. The molecule has 1 atom stereocenters. The van der Waals surface area contributed by atoms with E-state index >= 15 is 0 Å². The Morgan fingerprint density at radius 1 is 1.33 bits per heavy atom. The van der Waals surface area contributed by atoms with Crippen molar-refractivity contribution in [3.8, 4) is 0 Å². The van der Waals surface area contributed by atoms with E-state index in [2.05, 4.69) is 15.0 Å². The number of aliphatic imine (C=N–C) groups is 1. The largest absolute Gasteiger partial charge is 0.341 e. The van der Waals surface area contributed by atoms with Crippen molar-refractivity contribution in [2.75, 3.05) is 26.7 Å². The molecule has 2 N–H and O–H groups in total. The molecule has 2 heterocycles. The molecule has 0 aromatic heterocycles. The Kier molecular flexibility index (Phi) is 7.25. The van der Waals surface area contributed by atoms with Gasteiger partial charge < -0.3 is 10.2 Å². The average molecular weight is 415 g/mol. The minimum Gasteiger partial charge on any atom is -0.341 e. The van der Waals surface area contributed by atoms with Crippen molar-refractivity contribution in [3.05, 3.63) is 29.8 Å². The van der Waals surface area contributed by atoms with Crippen molar-refractivity contribution >= 4 is 34.2 Å². The summed E-state index contributed by atoms with van der Waals surface area (Å²) >= 11 is 0. The third kappa shape index (κ3) is 4.80. The number of hydrogen-bond acceptors (Lipinski definition) is 5. The van der Waals surface area contributed by atoms with Crippen LogP contribution in [0.15, 0.2) is 34.2 Å². The predicted octanol–water partition coefficient (Wildman–Crippen LogP) is 1.38. The molecule has 0 bridgehead atoms. The molecule has 3 rings (SSSR count). The minimum atomic E-state index is -3.58. The molecule has 1 aromatic carbocycles. The highest BCUT2D eigenvalue weighted by atomic mass is 35.5. The molecule has 1 amide bonds. The van der Waals surface area contributed by atoms with E-state index in [-0.39, 0.29) is 29.0 Å². The van der Waals surface area contributed by atoms with E-state index in [1.54, 1.807) is 31.2 Å². The number of piperidine rings is 1. The van der Waals surface area contributed by atoms with E-state index in [1.165, 1.54) is 0 Å². The Hall–Kier alpha value is -1.64. The van der Waals surface area contributed by atoms with Crippen LogP contribution in [0.4, 0.5) is 0 Å².